The molecule has 1 N–H and O–H groups in total. The number of anilines is 2. The van der Waals surface area contributed by atoms with Crippen molar-refractivity contribution in [1.29, 1.82) is 0 Å². The van der Waals surface area contributed by atoms with E-state index in [1.54, 1.807) is 23.2 Å². The Morgan fingerprint density at radius 2 is 1.81 bits per heavy atom. The first-order chi connectivity index (χ1) is 17.5. The first-order valence-electron chi connectivity index (χ1n) is 11.7. The highest BCUT2D eigenvalue weighted by Gasteiger charge is 2.20. The van der Waals surface area contributed by atoms with Gasteiger partial charge in [0.1, 0.15) is 11.6 Å². The molecule has 8 heteroatoms. The van der Waals surface area contributed by atoms with Crippen LogP contribution in [0.25, 0.3) is 22.0 Å². The SMILES string of the molecule is C=CC(=O)N1CCN(c2ccc(-c3ccc4ncc(Cl)c(NCc5ccccc5F)c4c3)cn2)CC1. The van der Waals surface area contributed by atoms with Gasteiger partial charge in [-0.05, 0) is 42.0 Å². The molecule has 2 aromatic heterocycles. The van der Waals surface area contributed by atoms with Crippen molar-refractivity contribution in [3.05, 3.63) is 96.0 Å². The summed E-state index contributed by atoms with van der Waals surface area (Å²) in [7, 11) is 0. The second-order valence-corrected chi connectivity index (χ2v) is 8.99. The predicted molar refractivity (Wildman–Crippen MR) is 143 cm³/mol. The second kappa shape index (κ2) is 10.3. The largest absolute Gasteiger partial charge is 0.379 e. The molecule has 0 radical (unpaired) electrons. The van der Waals surface area contributed by atoms with Crippen LogP contribution in [0, 0.1) is 5.82 Å². The Kier molecular flexibility index (Phi) is 6.82. The van der Waals surface area contributed by atoms with E-state index in [9.17, 15) is 9.18 Å². The number of nitrogens with zero attached hydrogens (tertiary/aromatic N) is 4. The van der Waals surface area contributed by atoms with Crippen molar-refractivity contribution in [1.82, 2.24) is 14.9 Å². The number of rotatable bonds is 6. The van der Waals surface area contributed by atoms with Crippen LogP contribution in [0.3, 0.4) is 0 Å². The van der Waals surface area contributed by atoms with Gasteiger partial charge in [0.2, 0.25) is 5.91 Å². The molecule has 36 heavy (non-hydrogen) atoms. The Balaban J connectivity index is 1.37. The lowest BCUT2D eigenvalue weighted by molar-refractivity contribution is -0.126. The summed E-state index contributed by atoms with van der Waals surface area (Å²) in [5.41, 5.74) is 3.99. The molecule has 1 saturated heterocycles. The molecule has 4 aromatic rings. The van der Waals surface area contributed by atoms with Gasteiger partial charge in [-0.15, -0.1) is 0 Å². The first kappa shape index (κ1) is 23.8. The van der Waals surface area contributed by atoms with Crippen LogP contribution in [0.2, 0.25) is 5.02 Å². The van der Waals surface area contributed by atoms with Crippen LogP contribution in [0.4, 0.5) is 15.9 Å². The van der Waals surface area contributed by atoms with Crippen LogP contribution in [-0.4, -0.2) is 47.0 Å². The lowest BCUT2D eigenvalue weighted by Gasteiger charge is -2.34. The number of fused-ring (bicyclic) bond motifs is 1. The molecule has 0 spiro atoms. The maximum absolute atomic E-state index is 14.1. The van der Waals surface area contributed by atoms with Crippen molar-refractivity contribution in [2.75, 3.05) is 36.4 Å². The molecule has 0 bridgehead atoms. The summed E-state index contributed by atoms with van der Waals surface area (Å²) in [4.78, 5) is 24.9. The van der Waals surface area contributed by atoms with Gasteiger partial charge < -0.3 is 15.1 Å². The van der Waals surface area contributed by atoms with E-state index < -0.39 is 0 Å². The Morgan fingerprint density at radius 3 is 2.53 bits per heavy atom. The van der Waals surface area contributed by atoms with Gasteiger partial charge in [-0.2, -0.15) is 0 Å². The summed E-state index contributed by atoms with van der Waals surface area (Å²) in [6, 6.07) is 16.7. The highest BCUT2D eigenvalue weighted by atomic mass is 35.5. The monoisotopic (exact) mass is 501 g/mol. The van der Waals surface area contributed by atoms with Crippen molar-refractivity contribution >= 4 is 39.9 Å². The Bertz CT molecular complexity index is 1420. The van der Waals surface area contributed by atoms with Gasteiger partial charge in [-0.1, -0.05) is 42.4 Å². The molecule has 6 nitrogen and oxygen atoms in total. The fourth-order valence-electron chi connectivity index (χ4n) is 4.38. The molecular formula is C28H25ClFN5O. The van der Waals surface area contributed by atoms with E-state index in [1.165, 1.54) is 12.1 Å². The molecule has 3 heterocycles. The lowest BCUT2D eigenvalue weighted by atomic mass is 10.0. The fraction of sp³-hybridized carbons (Fsp3) is 0.179. The van der Waals surface area contributed by atoms with Crippen molar-refractivity contribution < 1.29 is 9.18 Å². The summed E-state index contributed by atoms with van der Waals surface area (Å²) in [5, 5.41) is 4.61. The quantitative estimate of drug-likeness (QED) is 0.352. The average Bonchev–Trinajstić information content (AvgIpc) is 2.93. The number of hydrogen-bond donors (Lipinski definition) is 1. The number of benzene rings is 2. The lowest BCUT2D eigenvalue weighted by Crippen LogP contribution is -2.48. The molecule has 182 valence electrons. The van der Waals surface area contributed by atoms with E-state index in [0.717, 1.165) is 40.9 Å². The highest BCUT2D eigenvalue weighted by molar-refractivity contribution is 6.34. The Hall–Kier alpha value is -3.97. The van der Waals surface area contributed by atoms with Crippen molar-refractivity contribution in [3.63, 3.8) is 0 Å². The zero-order chi connectivity index (χ0) is 25.1. The smallest absolute Gasteiger partial charge is 0.246 e. The van der Waals surface area contributed by atoms with Gasteiger partial charge in [-0.25, -0.2) is 9.37 Å². The number of carbonyl (C=O) groups excluding carboxylic acids is 1. The topological polar surface area (TPSA) is 61.4 Å². The van der Waals surface area contributed by atoms with E-state index in [0.29, 0.717) is 35.9 Å². The number of piperazine rings is 1. The summed E-state index contributed by atoms with van der Waals surface area (Å²) in [6.07, 6.45) is 4.81. The molecule has 5 rings (SSSR count). The van der Waals surface area contributed by atoms with Gasteiger partial charge in [0, 0.05) is 61.6 Å². The standard InChI is InChI=1S/C28H25ClFN5O/c1-2-27(36)35-13-11-34(12-14-35)26-10-8-20(16-32-26)19-7-9-25-22(15-19)28(23(29)18-31-25)33-17-21-5-3-4-6-24(21)30/h2-10,15-16,18H,1,11-14,17H2,(H,31,33). The van der Waals surface area contributed by atoms with Crippen molar-refractivity contribution in [2.45, 2.75) is 6.54 Å². The number of pyridine rings is 2. The molecule has 0 atom stereocenters. The van der Waals surface area contributed by atoms with Gasteiger partial charge in [0.05, 0.1) is 16.2 Å². The number of hydrogen-bond acceptors (Lipinski definition) is 5. The van der Waals surface area contributed by atoms with Gasteiger partial charge in [0.15, 0.2) is 0 Å². The third-order valence-electron chi connectivity index (χ3n) is 6.41. The summed E-state index contributed by atoms with van der Waals surface area (Å²) in [5.74, 6) is 0.578. The second-order valence-electron chi connectivity index (χ2n) is 8.58. The average molecular weight is 502 g/mol. The zero-order valence-electron chi connectivity index (χ0n) is 19.6. The molecular weight excluding hydrogens is 477 g/mol. The van der Waals surface area contributed by atoms with Crippen LogP contribution in [0.15, 0.2) is 79.6 Å². The van der Waals surface area contributed by atoms with Crippen molar-refractivity contribution in [3.8, 4) is 11.1 Å². The molecule has 0 aliphatic carbocycles. The van der Waals surface area contributed by atoms with Gasteiger partial charge in [-0.3, -0.25) is 9.78 Å². The molecule has 1 amide bonds. The molecule has 2 aromatic carbocycles. The van der Waals surface area contributed by atoms with Crippen LogP contribution < -0.4 is 10.2 Å². The predicted octanol–water partition coefficient (Wildman–Crippen LogP) is 5.54. The Morgan fingerprint density at radius 1 is 1.03 bits per heavy atom. The fourth-order valence-corrected chi connectivity index (χ4v) is 4.60. The number of aromatic nitrogens is 2. The minimum absolute atomic E-state index is 0.0355. The Labute approximate surface area is 214 Å². The van der Waals surface area contributed by atoms with Crippen LogP contribution >= 0.6 is 11.6 Å². The van der Waals surface area contributed by atoms with Gasteiger partial charge in [0.25, 0.3) is 0 Å². The number of nitrogens with one attached hydrogen (secondary N) is 1. The third kappa shape index (κ3) is 4.88. The van der Waals surface area contributed by atoms with Gasteiger partial charge >= 0.3 is 0 Å². The van der Waals surface area contributed by atoms with E-state index in [-0.39, 0.29) is 11.7 Å². The highest BCUT2D eigenvalue weighted by Crippen LogP contribution is 2.33. The minimum Gasteiger partial charge on any atom is -0.379 e. The first-order valence-corrected chi connectivity index (χ1v) is 12.1. The number of halogens is 2. The zero-order valence-corrected chi connectivity index (χ0v) is 20.4. The number of amides is 1. The van der Waals surface area contributed by atoms with Crippen molar-refractivity contribution in [2.24, 2.45) is 0 Å². The molecule has 0 saturated carbocycles. The van der Waals surface area contributed by atoms with Crippen LogP contribution in [0.5, 0.6) is 0 Å². The molecule has 1 aliphatic heterocycles. The third-order valence-corrected chi connectivity index (χ3v) is 6.69. The number of carbonyl (C=O) groups is 1. The van der Waals surface area contributed by atoms with Crippen LogP contribution in [-0.2, 0) is 11.3 Å². The normalized spacial score (nSPS) is 13.6. The van der Waals surface area contributed by atoms with E-state index in [4.69, 9.17) is 11.6 Å². The van der Waals surface area contributed by atoms with E-state index in [2.05, 4.69) is 26.8 Å². The van der Waals surface area contributed by atoms with E-state index >= 15 is 0 Å². The van der Waals surface area contributed by atoms with Crippen LogP contribution in [0.1, 0.15) is 5.56 Å². The summed E-state index contributed by atoms with van der Waals surface area (Å²) >= 11 is 6.49. The summed E-state index contributed by atoms with van der Waals surface area (Å²) < 4.78 is 14.1. The molecule has 1 fully saturated rings. The minimum atomic E-state index is -0.264. The van der Waals surface area contributed by atoms with E-state index in [1.807, 2.05) is 42.6 Å². The molecule has 1 aliphatic rings. The maximum Gasteiger partial charge on any atom is 0.246 e. The summed E-state index contributed by atoms with van der Waals surface area (Å²) in [6.45, 7) is 6.61. The maximum atomic E-state index is 14.1. The molecule has 0 unspecified atom stereocenters.